The van der Waals surface area contributed by atoms with Gasteiger partial charge in [-0.25, -0.2) is 14.8 Å². The van der Waals surface area contributed by atoms with Crippen molar-refractivity contribution >= 4 is 124 Å². The van der Waals surface area contributed by atoms with E-state index in [-0.39, 0.29) is 40.4 Å². The molecular weight excluding hydrogens is 1870 g/mol. The number of aromatic nitrogens is 5. The van der Waals surface area contributed by atoms with Crippen LogP contribution in [-0.4, -0.2) is 109 Å². The predicted octanol–water partition coefficient (Wildman–Crippen LogP) is 18.6. The van der Waals surface area contributed by atoms with Crippen LogP contribution in [0.5, 0.6) is 23.1 Å². The Morgan fingerprint density at radius 3 is 1.59 bits per heavy atom. The zero-order valence-corrected chi connectivity index (χ0v) is 79.5. The molecular formula is C107H85F6N15O14S. The Morgan fingerprint density at radius 1 is 0.497 bits per heavy atom. The molecule has 1 fully saturated rings. The van der Waals surface area contributed by atoms with Crippen LogP contribution < -0.4 is 71.0 Å². The van der Waals surface area contributed by atoms with Crippen LogP contribution in [0.25, 0.3) is 118 Å². The number of pyridine rings is 3. The second-order valence-corrected chi connectivity index (χ2v) is 33.5. The number of nitriles is 5. The first-order chi connectivity index (χ1) is 68.7. The van der Waals surface area contributed by atoms with Crippen LogP contribution in [-0.2, 0) is 31.4 Å². The number of nitrogens with zero attached hydrogens (tertiary/aromatic N) is 15. The van der Waals surface area contributed by atoms with E-state index in [1.165, 1.54) is 54.7 Å². The number of Topliss-reactive ketones (excluding diaryl/α,β-unsaturated/α-hetero) is 1. The number of morpholine rings is 1. The quantitative estimate of drug-likeness (QED) is 0.0587. The lowest BCUT2D eigenvalue weighted by molar-refractivity contribution is -0.138. The number of alkyl halides is 6. The Balaban J connectivity index is 0.000000130. The lowest BCUT2D eigenvalue weighted by Gasteiger charge is -2.28. The number of fused-ring (bicyclic) bond motifs is 14. The molecule has 11 heterocycles. The molecule has 8 aromatic carbocycles. The van der Waals surface area contributed by atoms with Crippen LogP contribution in [0.1, 0.15) is 105 Å². The summed E-state index contributed by atoms with van der Waals surface area (Å²) in [6, 6.07) is 60.7. The maximum atomic E-state index is 13.5. The molecule has 1 saturated heterocycles. The number of carbonyl (C=O) groups is 2. The molecule has 29 nitrogen and oxygen atoms in total. The first-order valence-electron chi connectivity index (χ1n) is 45.1. The largest absolute Gasteiger partial charge is 0.462 e. The Kier molecular flexibility index (Phi) is 29.7. The fourth-order valence-electron chi connectivity index (χ4n) is 16.5. The van der Waals surface area contributed by atoms with Gasteiger partial charge in [0.05, 0.1) is 46.6 Å². The number of rotatable bonds is 13. The molecule has 720 valence electrons. The summed E-state index contributed by atoms with van der Waals surface area (Å²) < 4.78 is 126. The number of benzene rings is 9. The molecule has 20 rings (SSSR count). The van der Waals surface area contributed by atoms with Crippen molar-refractivity contribution in [1.29, 1.82) is 26.3 Å². The van der Waals surface area contributed by atoms with Crippen molar-refractivity contribution in [3.05, 3.63) is 287 Å². The summed E-state index contributed by atoms with van der Waals surface area (Å²) in [7, 11) is 0. The molecule has 0 unspecified atom stereocenters. The van der Waals surface area contributed by atoms with Gasteiger partial charge in [0.2, 0.25) is 23.6 Å². The molecule has 36 heteroatoms. The average molecular weight is 1950 g/mol. The highest BCUT2D eigenvalue weighted by atomic mass is 32.1. The van der Waals surface area contributed by atoms with Crippen molar-refractivity contribution in [3.63, 3.8) is 0 Å². The summed E-state index contributed by atoms with van der Waals surface area (Å²) in [5.74, 6) is 1.35. The molecule has 0 spiro atoms. The van der Waals surface area contributed by atoms with Gasteiger partial charge in [0.15, 0.2) is 34.1 Å². The third-order valence-corrected chi connectivity index (χ3v) is 24.6. The first kappa shape index (κ1) is 99.9. The number of hydrogen-bond donors (Lipinski definition) is 0. The monoisotopic (exact) mass is 1950 g/mol. The molecule has 11 aliphatic rings. The maximum absolute atomic E-state index is 13.5. The van der Waals surface area contributed by atoms with Crippen molar-refractivity contribution < 1.29 is 72.5 Å². The van der Waals surface area contributed by atoms with Crippen LogP contribution in [0.3, 0.4) is 0 Å². The molecule has 10 aliphatic heterocycles. The molecule has 0 saturated carbocycles. The summed E-state index contributed by atoms with van der Waals surface area (Å²) in [4.78, 5) is 104. The van der Waals surface area contributed by atoms with Gasteiger partial charge in [-0.1, -0.05) is 48.5 Å². The van der Waals surface area contributed by atoms with Crippen molar-refractivity contribution in [1.82, 2.24) is 24.9 Å². The fraction of sp³-hybridized carbons (Fsp3) is 0.224. The number of anilines is 4. The van der Waals surface area contributed by atoms with Crippen LogP contribution >= 0.6 is 11.3 Å². The fourth-order valence-corrected chi connectivity index (χ4v) is 17.5. The molecule has 0 radical (unpaired) electrons. The summed E-state index contributed by atoms with van der Waals surface area (Å²) in [6.07, 6.45) is -7.79. The Hall–Kier alpha value is -17.5. The van der Waals surface area contributed by atoms with Crippen LogP contribution in [0.15, 0.2) is 218 Å². The van der Waals surface area contributed by atoms with E-state index >= 15 is 0 Å². The molecule has 143 heavy (non-hydrogen) atoms. The highest BCUT2D eigenvalue weighted by molar-refractivity contribution is 7.08. The van der Waals surface area contributed by atoms with Gasteiger partial charge >= 0.3 is 18.3 Å². The van der Waals surface area contributed by atoms with E-state index in [4.69, 9.17) is 62.7 Å². The number of aryl methyl sites for hydroxylation is 2. The number of thiazole rings is 1. The second kappa shape index (κ2) is 42.4. The van der Waals surface area contributed by atoms with Crippen molar-refractivity contribution in [3.8, 4) is 99.3 Å². The summed E-state index contributed by atoms with van der Waals surface area (Å²) >= 11 is 1.29. The summed E-state index contributed by atoms with van der Waals surface area (Å²) in [5, 5.41) is 50.1. The third-order valence-electron chi connectivity index (χ3n) is 23.6. The van der Waals surface area contributed by atoms with E-state index in [1.54, 1.807) is 69.3 Å². The highest BCUT2D eigenvalue weighted by Gasteiger charge is 2.42. The van der Waals surface area contributed by atoms with Gasteiger partial charge in [-0.3, -0.25) is 24.0 Å². The van der Waals surface area contributed by atoms with Gasteiger partial charge in [-0.05, 0) is 201 Å². The number of esters is 1. The summed E-state index contributed by atoms with van der Waals surface area (Å²) in [5.41, 5.74) is 4.02. The van der Waals surface area contributed by atoms with Crippen LogP contribution in [0.4, 0.5) is 54.8 Å². The molecule has 0 bridgehead atoms. The van der Waals surface area contributed by atoms with Gasteiger partial charge in [0.25, 0.3) is 16.7 Å². The van der Waals surface area contributed by atoms with Gasteiger partial charge in [0.1, 0.15) is 108 Å². The van der Waals surface area contributed by atoms with E-state index in [0.29, 0.717) is 115 Å². The lowest BCUT2D eigenvalue weighted by atomic mass is 10.0. The van der Waals surface area contributed by atoms with Crippen molar-refractivity contribution in [2.24, 2.45) is 4.99 Å². The molecule has 1 aliphatic carbocycles. The first-order valence-corrected chi connectivity index (χ1v) is 45.9. The standard InChI is InChI=1S/C25H23N3O3.C18H12F3N3O3.C18H17N3O2.C16H16N2O2.C15H7F3N2O2.C15H10N2O2S/c1-4-28(5-2)16-11-12-21-22(13-16)31-23-14-19(20(15-26)25(29)30-6-3)17-9-7-8-10-18(17)24(23)27-21;19-18(20,21)15-12-7-10-1-2-11(24-3-5-26-6-4-24)8-14(10)27-17(12)23-16(25)13(15)9-22;1-4-21(5-2)13-7-6-12-8-14-11(3)15(10-19)17(22)20-18(14)23-16(12)9-13;1-3-18(4-2)11-5-7-13-15(9-11)20-16-10-12(19)6-8-14(16)17-13;1-7-2-3-8-5-9-12(15(16,17)18)10(6-19)13(21)20-14(9)22-11(8)4-7;1-8-3-4-10-6-13-14(19-12(10)5-8)17-15(20-13)11(7-16)9(2)18/h7-14H,4-6H2,1-3H3;1-2,7-8H,3-6H2;6-9H,4-5H2,1-3H3;5-10H,3-4H2,1-2H3;2-5H,1H3;3-6H,1-2H3/b20-19+;;;;;15-11+. The maximum Gasteiger partial charge on any atom is 0.418 e. The molecule has 1 aromatic heterocycles. The van der Waals surface area contributed by atoms with E-state index in [2.05, 4.69) is 86.1 Å². The third kappa shape index (κ3) is 21.1. The minimum atomic E-state index is -4.89. The van der Waals surface area contributed by atoms with Gasteiger partial charge in [0, 0.05) is 143 Å². The average Bonchev–Trinajstić information content (AvgIpc) is 1.56. The number of ketones is 1. The van der Waals surface area contributed by atoms with Crippen molar-refractivity contribution in [2.45, 2.75) is 88.5 Å². The second-order valence-electron chi connectivity index (χ2n) is 32.5. The minimum absolute atomic E-state index is 0.0489. The van der Waals surface area contributed by atoms with Gasteiger partial charge < -0.3 is 56.2 Å². The molecule has 0 atom stereocenters. The van der Waals surface area contributed by atoms with Crippen LogP contribution in [0.2, 0.25) is 0 Å². The van der Waals surface area contributed by atoms with E-state index in [0.717, 1.165) is 116 Å². The zero-order chi connectivity index (χ0) is 102. The van der Waals surface area contributed by atoms with E-state index in [9.17, 15) is 60.4 Å². The smallest absolute Gasteiger partial charge is 0.418 e. The summed E-state index contributed by atoms with van der Waals surface area (Å²) in [6.45, 7) is 29.5. The Labute approximate surface area is 814 Å². The van der Waals surface area contributed by atoms with Crippen LogP contribution in [0, 0.1) is 77.4 Å². The predicted molar refractivity (Wildman–Crippen MR) is 527 cm³/mol. The topological polar surface area (TPSA) is 401 Å². The lowest BCUT2D eigenvalue weighted by Crippen LogP contribution is -2.36. The molecule has 0 amide bonds. The highest BCUT2D eigenvalue weighted by Crippen LogP contribution is 2.44. The number of hydrogen-bond acceptors (Lipinski definition) is 30. The molecule has 9 aromatic rings. The minimum Gasteiger partial charge on any atom is -0.462 e. The van der Waals surface area contributed by atoms with Crippen molar-refractivity contribution in [2.75, 3.05) is 91.8 Å². The van der Waals surface area contributed by atoms with Gasteiger partial charge in [-0.15, -0.1) is 11.3 Å². The Bertz CT molecular complexity index is 8560. The number of halogens is 6. The number of carbonyl (C=O) groups excluding carboxylic acids is 2. The van der Waals surface area contributed by atoms with E-state index < -0.39 is 80.2 Å². The zero-order valence-electron chi connectivity index (χ0n) is 78.7. The Morgan fingerprint density at radius 2 is 1.01 bits per heavy atom. The molecule has 0 N–H and O–H groups in total. The normalized spacial score (nSPS) is 12.6. The van der Waals surface area contributed by atoms with E-state index in [1.807, 2.05) is 134 Å². The van der Waals surface area contributed by atoms with Gasteiger partial charge in [-0.2, -0.15) is 72.6 Å². The number of ether oxygens (including phenoxy) is 4. The SMILES string of the molecule is CC(=O)/C(C#N)=c1\nc2c(s1)=Cc1ccc(C)cc1O2.CCN(CC)c1ccc2cc3c(C)c(C#N)c(=O)nc-3oc2c1.CCN(CC)c1ccc2nc3ccc(=O)cc-3oc2c1.CCOC(=O)/C(C#N)=c1\cc2c(c3ccccc13)=Nc1ccc(N(CC)CC)cc1O2.Cc1ccc2cc3c(C(F)(F)F)c(C#N)c(=O)nc-3oc2c1.N#Cc1c(C(F)(F)F)c2cc3ccc(N4CCOCC4)cc3oc-2nc1=O.